The molecule has 2 N–H and O–H groups in total. The van der Waals surface area contributed by atoms with Gasteiger partial charge in [-0.3, -0.25) is 9.59 Å². The lowest BCUT2D eigenvalue weighted by atomic mass is 10.0. The maximum Gasteiger partial charge on any atom is 0.251 e. The van der Waals surface area contributed by atoms with Gasteiger partial charge in [0.1, 0.15) is 0 Å². The van der Waals surface area contributed by atoms with Crippen molar-refractivity contribution in [1.29, 1.82) is 0 Å². The monoisotopic (exact) mass is 543 g/mol. The van der Waals surface area contributed by atoms with Crippen molar-refractivity contribution in [3.63, 3.8) is 0 Å². The number of hydrogen-bond donors (Lipinski definition) is 2. The average Bonchev–Trinajstić information content (AvgIpc) is 3.22. The predicted octanol–water partition coefficient (Wildman–Crippen LogP) is 5.54. The second kappa shape index (κ2) is 11.7. The van der Waals surface area contributed by atoms with E-state index in [1.165, 1.54) is 11.8 Å². The van der Waals surface area contributed by atoms with Crippen LogP contribution in [0, 0.1) is 19.8 Å². The Kier molecular flexibility index (Phi) is 8.90. The molecule has 2 aromatic carbocycles. The third-order valence-electron chi connectivity index (χ3n) is 5.52. The smallest absolute Gasteiger partial charge is 0.251 e. The molecule has 34 heavy (non-hydrogen) atoms. The van der Waals surface area contributed by atoms with Crippen LogP contribution in [0.4, 0.5) is 5.69 Å². The van der Waals surface area contributed by atoms with Gasteiger partial charge in [-0.25, -0.2) is 0 Å². The zero-order chi connectivity index (χ0) is 24.8. The second-order valence-electron chi connectivity index (χ2n) is 8.40. The van der Waals surface area contributed by atoms with E-state index >= 15 is 0 Å². The van der Waals surface area contributed by atoms with Gasteiger partial charge in [0.05, 0.1) is 17.5 Å². The van der Waals surface area contributed by atoms with Crippen LogP contribution in [0.2, 0.25) is 0 Å². The first kappa shape index (κ1) is 26.0. The largest absolute Gasteiger partial charge is 0.342 e. The average molecular weight is 545 g/mol. The van der Waals surface area contributed by atoms with Gasteiger partial charge in [0, 0.05) is 16.6 Å². The number of hydrogen-bond acceptors (Lipinski definition) is 5. The van der Waals surface area contributed by atoms with Crippen molar-refractivity contribution in [2.45, 2.75) is 52.4 Å². The number of halogens is 1. The Balaban J connectivity index is 1.71. The molecule has 0 aliphatic heterocycles. The van der Waals surface area contributed by atoms with E-state index in [-0.39, 0.29) is 29.5 Å². The number of aryl methyl sites for hydroxylation is 2. The standard InChI is InChI=1S/C25H30BrN5O2S/c1-6-31-23(22(15(2)3)28-24(33)18-10-8-7-9-11-18)29-30-25(31)34-14-21(32)27-20-13-17(5)16(4)12-19(20)26/h7-13,15,22H,6,14H2,1-5H3,(H,27,32)(H,28,33)/t22-/m1/s1. The number of nitrogens with zero attached hydrogens (tertiary/aromatic N) is 3. The molecular formula is C25H30BrN5O2S. The first-order valence-corrected chi connectivity index (χ1v) is 13.0. The van der Waals surface area contributed by atoms with Crippen molar-refractivity contribution < 1.29 is 9.59 Å². The van der Waals surface area contributed by atoms with Crippen molar-refractivity contribution >= 4 is 45.2 Å². The Hall–Kier alpha value is -2.65. The molecule has 0 spiro atoms. The summed E-state index contributed by atoms with van der Waals surface area (Å²) in [6, 6.07) is 12.8. The van der Waals surface area contributed by atoms with E-state index < -0.39 is 0 Å². The van der Waals surface area contributed by atoms with Crippen LogP contribution in [-0.4, -0.2) is 32.3 Å². The highest BCUT2D eigenvalue weighted by Gasteiger charge is 2.26. The molecule has 0 radical (unpaired) electrons. The van der Waals surface area contributed by atoms with E-state index in [9.17, 15) is 9.59 Å². The van der Waals surface area contributed by atoms with Crippen LogP contribution in [0.25, 0.3) is 0 Å². The summed E-state index contributed by atoms with van der Waals surface area (Å²) in [4.78, 5) is 25.4. The minimum absolute atomic E-state index is 0.102. The highest BCUT2D eigenvalue weighted by atomic mass is 79.9. The summed E-state index contributed by atoms with van der Waals surface area (Å²) in [7, 11) is 0. The van der Waals surface area contributed by atoms with Gasteiger partial charge in [-0.05, 0) is 78.0 Å². The highest BCUT2D eigenvalue weighted by Crippen LogP contribution is 2.28. The molecule has 1 aromatic heterocycles. The van der Waals surface area contributed by atoms with Gasteiger partial charge >= 0.3 is 0 Å². The molecule has 0 fully saturated rings. The summed E-state index contributed by atoms with van der Waals surface area (Å²) in [6.07, 6.45) is 0. The minimum Gasteiger partial charge on any atom is -0.342 e. The van der Waals surface area contributed by atoms with E-state index in [0.717, 1.165) is 21.3 Å². The number of thioether (sulfide) groups is 1. The van der Waals surface area contributed by atoms with Gasteiger partial charge in [-0.1, -0.05) is 43.8 Å². The van der Waals surface area contributed by atoms with Gasteiger partial charge in [0.25, 0.3) is 5.91 Å². The molecule has 180 valence electrons. The van der Waals surface area contributed by atoms with E-state index in [4.69, 9.17) is 0 Å². The van der Waals surface area contributed by atoms with Gasteiger partial charge < -0.3 is 15.2 Å². The van der Waals surface area contributed by atoms with Gasteiger partial charge in [-0.15, -0.1) is 10.2 Å². The van der Waals surface area contributed by atoms with Crippen LogP contribution in [0.3, 0.4) is 0 Å². The van der Waals surface area contributed by atoms with Crippen molar-refractivity contribution in [3.05, 3.63) is 69.5 Å². The van der Waals surface area contributed by atoms with E-state index in [1.807, 2.05) is 69.5 Å². The Labute approximate surface area is 213 Å². The van der Waals surface area contributed by atoms with Gasteiger partial charge in [0.15, 0.2) is 11.0 Å². The fraction of sp³-hybridized carbons (Fsp3) is 0.360. The number of rotatable bonds is 9. The van der Waals surface area contributed by atoms with Crippen molar-refractivity contribution in [2.75, 3.05) is 11.1 Å². The molecule has 0 aliphatic carbocycles. The number of nitrogens with one attached hydrogen (secondary N) is 2. The Morgan fingerprint density at radius 2 is 1.76 bits per heavy atom. The number of carbonyl (C=O) groups is 2. The third-order valence-corrected chi connectivity index (χ3v) is 7.14. The molecule has 0 saturated carbocycles. The number of carbonyl (C=O) groups excluding carboxylic acids is 2. The summed E-state index contributed by atoms with van der Waals surface area (Å²) < 4.78 is 2.81. The van der Waals surface area contributed by atoms with Crippen LogP contribution < -0.4 is 10.6 Å². The molecule has 0 unspecified atom stereocenters. The zero-order valence-electron chi connectivity index (χ0n) is 20.1. The summed E-state index contributed by atoms with van der Waals surface area (Å²) in [5.74, 6) is 0.698. The number of aromatic nitrogens is 3. The molecule has 3 aromatic rings. The molecule has 9 heteroatoms. The molecular weight excluding hydrogens is 514 g/mol. The lowest BCUT2D eigenvalue weighted by Crippen LogP contribution is -2.33. The number of amides is 2. The fourth-order valence-corrected chi connectivity index (χ4v) is 4.84. The molecule has 7 nitrogen and oxygen atoms in total. The van der Waals surface area contributed by atoms with Gasteiger partial charge in [-0.2, -0.15) is 0 Å². The lowest BCUT2D eigenvalue weighted by Gasteiger charge is -2.22. The second-order valence-corrected chi connectivity index (χ2v) is 10.2. The molecule has 0 aliphatic rings. The minimum atomic E-state index is -0.310. The first-order chi connectivity index (χ1) is 16.2. The molecule has 1 atom stereocenters. The normalized spacial score (nSPS) is 12.0. The van der Waals surface area contributed by atoms with Crippen LogP contribution >= 0.6 is 27.7 Å². The lowest BCUT2D eigenvalue weighted by molar-refractivity contribution is -0.113. The highest BCUT2D eigenvalue weighted by molar-refractivity contribution is 9.10. The summed E-state index contributed by atoms with van der Waals surface area (Å²) in [5.41, 5.74) is 3.61. The van der Waals surface area contributed by atoms with Crippen LogP contribution in [0.1, 0.15) is 54.1 Å². The zero-order valence-corrected chi connectivity index (χ0v) is 22.5. The van der Waals surface area contributed by atoms with Crippen molar-refractivity contribution in [3.8, 4) is 0 Å². The third kappa shape index (κ3) is 6.27. The molecule has 0 bridgehead atoms. The topological polar surface area (TPSA) is 88.9 Å². The van der Waals surface area contributed by atoms with Crippen LogP contribution in [0.5, 0.6) is 0 Å². The summed E-state index contributed by atoms with van der Waals surface area (Å²) >= 11 is 4.84. The molecule has 3 rings (SSSR count). The fourth-order valence-electron chi connectivity index (χ4n) is 3.47. The van der Waals surface area contributed by atoms with E-state index in [0.29, 0.717) is 23.1 Å². The van der Waals surface area contributed by atoms with Crippen molar-refractivity contribution in [1.82, 2.24) is 20.1 Å². The maximum absolute atomic E-state index is 12.8. The Bertz CT molecular complexity index is 1160. The summed E-state index contributed by atoms with van der Waals surface area (Å²) in [6.45, 7) is 10.7. The molecule has 0 saturated heterocycles. The molecule has 1 heterocycles. The van der Waals surface area contributed by atoms with Gasteiger partial charge in [0.2, 0.25) is 5.91 Å². The van der Waals surface area contributed by atoms with Crippen LogP contribution in [0.15, 0.2) is 52.1 Å². The SMILES string of the molecule is CCn1c(SCC(=O)Nc2cc(C)c(C)cc2Br)nnc1[C@H](NC(=O)c1ccccc1)C(C)C. The quantitative estimate of drug-likeness (QED) is 0.346. The van der Waals surface area contributed by atoms with Crippen molar-refractivity contribution in [2.24, 2.45) is 5.92 Å². The Morgan fingerprint density at radius 3 is 2.41 bits per heavy atom. The Morgan fingerprint density at radius 1 is 1.09 bits per heavy atom. The number of benzene rings is 2. The molecule has 2 amide bonds. The number of anilines is 1. The maximum atomic E-state index is 12.8. The first-order valence-electron chi connectivity index (χ1n) is 11.2. The summed E-state index contributed by atoms with van der Waals surface area (Å²) in [5, 5.41) is 15.4. The van der Waals surface area contributed by atoms with Crippen LogP contribution in [-0.2, 0) is 11.3 Å². The van der Waals surface area contributed by atoms with E-state index in [1.54, 1.807) is 12.1 Å². The van der Waals surface area contributed by atoms with E-state index in [2.05, 4.69) is 36.8 Å². The predicted molar refractivity (Wildman–Crippen MR) is 140 cm³/mol.